The normalized spacial score (nSPS) is 32.0. The lowest BCUT2D eigenvalue weighted by molar-refractivity contribution is -0.140. The van der Waals surface area contributed by atoms with Crippen LogP contribution in [-0.2, 0) is 20.7 Å². The number of rotatable bonds is 4. The smallest absolute Gasteiger partial charge is 0.154 e. The van der Waals surface area contributed by atoms with Gasteiger partial charge in [0, 0.05) is 18.1 Å². The fourth-order valence-corrected chi connectivity index (χ4v) is 6.01. The molecule has 0 aliphatic heterocycles. The number of fused-ring (bicyclic) bond motifs is 1. The molecule has 3 nitrogen and oxygen atoms in total. The Labute approximate surface area is 182 Å². The molecule has 5 atom stereocenters. The van der Waals surface area contributed by atoms with Crippen LogP contribution in [0, 0.1) is 17.8 Å². The number of halogens is 1. The van der Waals surface area contributed by atoms with Gasteiger partial charge in [0.1, 0.15) is 5.92 Å². The van der Waals surface area contributed by atoms with Crippen molar-refractivity contribution in [3.8, 4) is 11.1 Å². The second-order valence-corrected chi connectivity index (χ2v) is 9.17. The molecule has 2 aromatic carbocycles. The molecule has 2 fully saturated rings. The zero-order valence-electron chi connectivity index (χ0n) is 17.2. The zero-order chi connectivity index (χ0) is 21.0. The largest absolute Gasteiger partial charge is 0.373 e. The summed E-state index contributed by atoms with van der Waals surface area (Å²) in [6.07, 6.45) is 6.64. The van der Waals surface area contributed by atoms with Crippen LogP contribution in [0.15, 0.2) is 54.6 Å². The molecule has 0 aromatic heterocycles. The van der Waals surface area contributed by atoms with Crippen molar-refractivity contribution in [3.05, 3.63) is 70.8 Å². The van der Waals surface area contributed by atoms with Gasteiger partial charge >= 0.3 is 0 Å². The predicted octanol–water partition coefficient (Wildman–Crippen LogP) is 5.40. The summed E-state index contributed by atoms with van der Waals surface area (Å²) >= 11 is 6.04. The van der Waals surface area contributed by atoms with E-state index in [1.54, 1.807) is 7.11 Å². The Bertz CT molecular complexity index is 1050. The van der Waals surface area contributed by atoms with Gasteiger partial charge in [0.15, 0.2) is 11.6 Å². The van der Waals surface area contributed by atoms with Crippen LogP contribution in [-0.4, -0.2) is 24.3 Å². The first-order chi connectivity index (χ1) is 14.5. The summed E-state index contributed by atoms with van der Waals surface area (Å²) < 4.78 is 5.87. The minimum absolute atomic E-state index is 0.0313. The van der Waals surface area contributed by atoms with E-state index in [0.717, 1.165) is 41.5 Å². The molecule has 0 radical (unpaired) electrons. The van der Waals surface area contributed by atoms with Crippen LogP contribution in [0.25, 0.3) is 11.1 Å². The predicted molar refractivity (Wildman–Crippen MR) is 118 cm³/mol. The van der Waals surface area contributed by atoms with Gasteiger partial charge in [0.25, 0.3) is 0 Å². The summed E-state index contributed by atoms with van der Waals surface area (Å²) in [6, 6.07) is 13.8. The van der Waals surface area contributed by atoms with E-state index in [0.29, 0.717) is 5.02 Å². The maximum absolute atomic E-state index is 13.7. The molecule has 2 aromatic rings. The third-order valence-electron chi connectivity index (χ3n) is 7.44. The van der Waals surface area contributed by atoms with Gasteiger partial charge in [-0.05, 0) is 65.6 Å². The molecule has 6 rings (SSSR count). The van der Waals surface area contributed by atoms with E-state index in [2.05, 4.69) is 25.1 Å². The number of hydrogen-bond acceptors (Lipinski definition) is 3. The minimum Gasteiger partial charge on any atom is -0.373 e. The summed E-state index contributed by atoms with van der Waals surface area (Å²) in [4.78, 5) is 27.3. The number of Topliss-reactive ketones (excluding diaryl/α,β-unsaturated/α-hetero) is 2. The molecule has 5 unspecified atom stereocenters. The van der Waals surface area contributed by atoms with E-state index in [1.807, 2.05) is 36.4 Å². The second-order valence-electron chi connectivity index (χ2n) is 8.74. The van der Waals surface area contributed by atoms with Crippen molar-refractivity contribution < 1.29 is 14.3 Å². The quantitative estimate of drug-likeness (QED) is 0.491. The first-order valence-corrected chi connectivity index (χ1v) is 11.1. The van der Waals surface area contributed by atoms with Crippen LogP contribution in [0.2, 0.25) is 5.02 Å². The maximum Gasteiger partial charge on any atom is 0.154 e. The SMILES string of the molecule is CCc1ccc(-c2ccc(Cl)cc2)cc1C1C(=O)C2C3C=CC(OC)(CC3)C2C1=O. The molecule has 0 amide bonds. The highest BCUT2D eigenvalue weighted by Crippen LogP contribution is 2.56. The number of ketones is 2. The molecule has 4 heteroatoms. The van der Waals surface area contributed by atoms with Crippen molar-refractivity contribution >= 4 is 23.2 Å². The maximum atomic E-state index is 13.7. The molecule has 4 aliphatic carbocycles. The highest BCUT2D eigenvalue weighted by Gasteiger charge is 2.63. The first kappa shape index (κ1) is 19.7. The lowest BCUT2D eigenvalue weighted by Gasteiger charge is -2.47. The monoisotopic (exact) mass is 420 g/mol. The van der Waals surface area contributed by atoms with Gasteiger partial charge in [-0.3, -0.25) is 9.59 Å². The molecule has 0 N–H and O–H groups in total. The van der Waals surface area contributed by atoms with Crippen molar-refractivity contribution in [3.63, 3.8) is 0 Å². The molecule has 30 heavy (non-hydrogen) atoms. The lowest BCUT2D eigenvalue weighted by Crippen LogP contribution is -2.52. The number of methoxy groups -OCH3 is 1. The van der Waals surface area contributed by atoms with E-state index in [4.69, 9.17) is 16.3 Å². The molecule has 0 heterocycles. The fourth-order valence-electron chi connectivity index (χ4n) is 5.88. The Hall–Kier alpha value is -2.23. The van der Waals surface area contributed by atoms with Crippen LogP contribution in [0.3, 0.4) is 0 Å². The lowest BCUT2D eigenvalue weighted by atomic mass is 9.60. The first-order valence-electron chi connectivity index (χ1n) is 10.7. The Morgan fingerprint density at radius 3 is 2.43 bits per heavy atom. The van der Waals surface area contributed by atoms with Gasteiger partial charge in [-0.2, -0.15) is 0 Å². The van der Waals surface area contributed by atoms with Gasteiger partial charge in [0.05, 0.1) is 11.5 Å². The van der Waals surface area contributed by atoms with Crippen molar-refractivity contribution in [1.29, 1.82) is 0 Å². The van der Waals surface area contributed by atoms with Crippen molar-refractivity contribution in [2.24, 2.45) is 17.8 Å². The molecule has 154 valence electrons. The molecule has 0 spiro atoms. The van der Waals surface area contributed by atoms with Gasteiger partial charge in [-0.25, -0.2) is 0 Å². The molecular formula is C26H25ClO3. The van der Waals surface area contributed by atoms with E-state index < -0.39 is 11.5 Å². The van der Waals surface area contributed by atoms with Gasteiger partial charge in [-0.15, -0.1) is 0 Å². The number of carbonyl (C=O) groups excluding carboxylic acids is 2. The minimum atomic E-state index is -0.697. The zero-order valence-corrected chi connectivity index (χ0v) is 18.0. The summed E-state index contributed by atoms with van der Waals surface area (Å²) in [5, 5.41) is 0.683. The fraction of sp³-hybridized carbons (Fsp3) is 0.385. The third kappa shape index (κ3) is 2.75. The summed E-state index contributed by atoms with van der Waals surface area (Å²) in [6.45, 7) is 2.07. The van der Waals surface area contributed by atoms with Crippen molar-refractivity contribution in [2.45, 2.75) is 37.7 Å². The van der Waals surface area contributed by atoms with Crippen LogP contribution in [0.5, 0.6) is 0 Å². The van der Waals surface area contributed by atoms with Crippen molar-refractivity contribution in [1.82, 2.24) is 0 Å². The number of benzene rings is 2. The summed E-state index contributed by atoms with van der Waals surface area (Å²) in [7, 11) is 1.66. The molecular weight excluding hydrogens is 396 g/mol. The summed E-state index contributed by atoms with van der Waals surface area (Å²) in [5.41, 5.74) is 3.32. The Morgan fingerprint density at radius 1 is 1.07 bits per heavy atom. The number of carbonyl (C=O) groups is 2. The number of ether oxygens (including phenoxy) is 1. The highest BCUT2D eigenvalue weighted by atomic mass is 35.5. The number of aryl methyl sites for hydroxylation is 1. The van der Waals surface area contributed by atoms with Gasteiger partial charge < -0.3 is 4.74 Å². The van der Waals surface area contributed by atoms with E-state index in [-0.39, 0.29) is 29.3 Å². The van der Waals surface area contributed by atoms with Crippen LogP contribution < -0.4 is 0 Å². The van der Waals surface area contributed by atoms with Crippen LogP contribution in [0.1, 0.15) is 36.8 Å². The molecule has 2 saturated carbocycles. The van der Waals surface area contributed by atoms with E-state index in [9.17, 15) is 9.59 Å². The van der Waals surface area contributed by atoms with Gasteiger partial charge in [0.2, 0.25) is 0 Å². The topological polar surface area (TPSA) is 43.4 Å². The Kier molecular flexibility index (Phi) is 4.72. The average molecular weight is 421 g/mol. The average Bonchev–Trinajstić information content (AvgIpc) is 3.07. The highest BCUT2D eigenvalue weighted by molar-refractivity contribution is 6.30. The van der Waals surface area contributed by atoms with E-state index >= 15 is 0 Å². The van der Waals surface area contributed by atoms with E-state index in [1.165, 1.54) is 0 Å². The second kappa shape index (κ2) is 7.18. The Morgan fingerprint density at radius 2 is 1.80 bits per heavy atom. The van der Waals surface area contributed by atoms with Crippen LogP contribution >= 0.6 is 11.6 Å². The molecule has 4 aliphatic rings. The Balaban J connectivity index is 1.60. The summed E-state index contributed by atoms with van der Waals surface area (Å²) in [5.74, 6) is -1.07. The van der Waals surface area contributed by atoms with Crippen molar-refractivity contribution in [2.75, 3.05) is 7.11 Å². The van der Waals surface area contributed by atoms with Crippen LogP contribution in [0.4, 0.5) is 0 Å². The third-order valence-corrected chi connectivity index (χ3v) is 7.69. The number of allylic oxidation sites excluding steroid dienone is 1. The standard InChI is InChI=1S/C26H25ClO3/c1-3-15-4-5-18(16-6-8-19(27)9-7-16)14-20(15)22-24(28)21-17-10-12-26(30-2,13-11-17)23(21)25(22)29/h4-10,12,14,17,21-23H,3,11,13H2,1-2H3. The molecule has 0 saturated heterocycles. The molecule has 2 bridgehead atoms. The van der Waals surface area contributed by atoms with Gasteiger partial charge in [-0.1, -0.05) is 54.9 Å². The number of hydrogen-bond donors (Lipinski definition) is 0.